The number of nitrogens with zero attached hydrogens (tertiary/aromatic N) is 5. The number of amides is 1. The van der Waals surface area contributed by atoms with E-state index in [9.17, 15) is 9.59 Å². The molecule has 0 radical (unpaired) electrons. The third-order valence-electron chi connectivity index (χ3n) is 6.65. The van der Waals surface area contributed by atoms with Gasteiger partial charge >= 0.3 is 0 Å². The van der Waals surface area contributed by atoms with E-state index >= 15 is 0 Å². The molecule has 2 saturated heterocycles. The van der Waals surface area contributed by atoms with Crippen LogP contribution in [0.2, 0.25) is 0 Å². The Morgan fingerprint density at radius 2 is 1.91 bits per heavy atom. The predicted octanol–water partition coefficient (Wildman–Crippen LogP) is 3.12. The Morgan fingerprint density at radius 1 is 1.14 bits per heavy atom. The summed E-state index contributed by atoms with van der Waals surface area (Å²) in [6, 6.07) is 11.7. The van der Waals surface area contributed by atoms with Gasteiger partial charge in [-0.3, -0.25) is 19.1 Å². The molecule has 1 aromatic carbocycles. The topological polar surface area (TPSA) is 83.4 Å². The maximum atomic E-state index is 12.6. The Bertz CT molecular complexity index is 1260. The number of carbonyl (C=O) groups is 1. The van der Waals surface area contributed by atoms with Gasteiger partial charge < -0.3 is 10.2 Å². The first-order chi connectivity index (χ1) is 17.1. The summed E-state index contributed by atoms with van der Waals surface area (Å²) in [6.07, 6.45) is 3.90. The number of aryl methyl sites for hydroxylation is 1. The normalized spacial score (nSPS) is 16.7. The molecule has 2 aliphatic heterocycles. The number of hydrogen-bond acceptors (Lipinski definition) is 7. The first-order valence-corrected chi connectivity index (χ1v) is 13.2. The summed E-state index contributed by atoms with van der Waals surface area (Å²) in [6.45, 7) is 8.76. The minimum Gasteiger partial charge on any atom is -0.338 e. The van der Waals surface area contributed by atoms with Crippen LogP contribution in [0, 0.1) is 5.92 Å². The van der Waals surface area contributed by atoms with Crippen LogP contribution in [-0.2, 0) is 17.9 Å². The Hall–Kier alpha value is -3.17. The van der Waals surface area contributed by atoms with Gasteiger partial charge in [-0.25, -0.2) is 4.98 Å². The lowest BCUT2D eigenvalue weighted by Gasteiger charge is -2.38. The van der Waals surface area contributed by atoms with E-state index in [0.717, 1.165) is 37.1 Å². The number of rotatable bonds is 8. The Kier molecular flexibility index (Phi) is 7.15. The van der Waals surface area contributed by atoms with Gasteiger partial charge in [0.05, 0.1) is 0 Å². The molecule has 0 bridgehead atoms. The minimum atomic E-state index is -0.0824. The van der Waals surface area contributed by atoms with Gasteiger partial charge in [0, 0.05) is 74.1 Å². The Morgan fingerprint density at radius 3 is 2.66 bits per heavy atom. The SMILES string of the molecule is C=CC(=O)N1CC(CCn2c(=O)ccc3cnc(Nc4ccc(CN5CCSCC5)cc4)nc32)C1. The van der Waals surface area contributed by atoms with Crippen molar-refractivity contribution in [1.82, 2.24) is 24.3 Å². The highest BCUT2D eigenvalue weighted by Gasteiger charge is 2.29. The summed E-state index contributed by atoms with van der Waals surface area (Å²) >= 11 is 2.02. The number of benzene rings is 1. The molecule has 182 valence electrons. The van der Waals surface area contributed by atoms with Crippen LogP contribution < -0.4 is 10.9 Å². The Balaban J connectivity index is 1.26. The lowest BCUT2D eigenvalue weighted by molar-refractivity contribution is -0.132. The zero-order valence-electron chi connectivity index (χ0n) is 19.7. The van der Waals surface area contributed by atoms with Crippen molar-refractivity contribution in [3.8, 4) is 0 Å². The van der Waals surface area contributed by atoms with E-state index < -0.39 is 0 Å². The van der Waals surface area contributed by atoms with E-state index in [1.165, 1.54) is 23.1 Å². The maximum absolute atomic E-state index is 12.6. The molecule has 5 rings (SSSR count). The van der Waals surface area contributed by atoms with Gasteiger partial charge in [-0.2, -0.15) is 16.7 Å². The highest BCUT2D eigenvalue weighted by atomic mass is 32.2. The number of carbonyl (C=O) groups excluding carboxylic acids is 1. The number of likely N-dealkylation sites (tertiary alicyclic amines) is 1. The number of aromatic nitrogens is 3. The van der Waals surface area contributed by atoms with Gasteiger partial charge in [0.2, 0.25) is 11.9 Å². The van der Waals surface area contributed by atoms with Crippen LogP contribution in [-0.4, -0.2) is 67.9 Å². The van der Waals surface area contributed by atoms with Gasteiger partial charge in [0.25, 0.3) is 5.56 Å². The standard InChI is InChI=1S/C26H30N6O2S/c1-2-23(33)31-17-20(18-31)9-10-32-24(34)8-5-21-15-27-26(29-25(21)32)28-22-6-3-19(4-7-22)16-30-11-13-35-14-12-30/h2-8,15,20H,1,9-14,16-18H2,(H,27,28,29). The molecule has 1 amide bonds. The molecular weight excluding hydrogens is 460 g/mol. The zero-order chi connectivity index (χ0) is 24.2. The van der Waals surface area contributed by atoms with E-state index in [-0.39, 0.29) is 11.5 Å². The van der Waals surface area contributed by atoms with Crippen molar-refractivity contribution in [3.63, 3.8) is 0 Å². The third kappa shape index (κ3) is 5.57. The summed E-state index contributed by atoms with van der Waals surface area (Å²) in [5, 5.41) is 4.10. The molecular formula is C26H30N6O2S. The fourth-order valence-corrected chi connectivity index (χ4v) is 5.54. The molecule has 35 heavy (non-hydrogen) atoms. The van der Waals surface area contributed by atoms with Gasteiger partial charge in [-0.15, -0.1) is 0 Å². The number of nitrogens with one attached hydrogen (secondary N) is 1. The molecule has 2 aliphatic rings. The first-order valence-electron chi connectivity index (χ1n) is 12.0. The number of fused-ring (bicyclic) bond motifs is 1. The predicted molar refractivity (Wildman–Crippen MR) is 141 cm³/mol. The van der Waals surface area contributed by atoms with Crippen molar-refractivity contribution in [2.24, 2.45) is 5.92 Å². The molecule has 0 unspecified atom stereocenters. The van der Waals surface area contributed by atoms with E-state index in [0.29, 0.717) is 37.1 Å². The third-order valence-corrected chi connectivity index (χ3v) is 7.59. The van der Waals surface area contributed by atoms with Gasteiger partial charge in [-0.1, -0.05) is 18.7 Å². The van der Waals surface area contributed by atoms with E-state index in [2.05, 4.69) is 38.9 Å². The van der Waals surface area contributed by atoms with Crippen LogP contribution in [0.15, 0.2) is 60.0 Å². The number of hydrogen-bond donors (Lipinski definition) is 1. The summed E-state index contributed by atoms with van der Waals surface area (Å²) in [5.41, 5.74) is 2.74. The highest BCUT2D eigenvalue weighted by Crippen LogP contribution is 2.22. The van der Waals surface area contributed by atoms with Crippen molar-refractivity contribution in [2.75, 3.05) is 43.0 Å². The van der Waals surface area contributed by atoms with Gasteiger partial charge in [0.1, 0.15) is 5.65 Å². The molecule has 0 atom stereocenters. The number of pyridine rings is 1. The van der Waals surface area contributed by atoms with Crippen molar-refractivity contribution in [3.05, 3.63) is 71.2 Å². The lowest BCUT2D eigenvalue weighted by Crippen LogP contribution is -2.49. The number of thioether (sulfide) groups is 1. The molecule has 8 nitrogen and oxygen atoms in total. The van der Waals surface area contributed by atoms with E-state index in [1.54, 1.807) is 27.8 Å². The molecule has 1 N–H and O–H groups in total. The van der Waals surface area contributed by atoms with E-state index in [4.69, 9.17) is 0 Å². The van der Waals surface area contributed by atoms with Gasteiger partial charge in [0.15, 0.2) is 0 Å². The van der Waals surface area contributed by atoms with E-state index in [1.807, 2.05) is 23.9 Å². The fraction of sp³-hybridized carbons (Fsp3) is 0.385. The quantitative estimate of drug-likeness (QED) is 0.486. The molecule has 0 spiro atoms. The molecule has 2 aromatic heterocycles. The van der Waals surface area contributed by atoms with Crippen LogP contribution in [0.4, 0.5) is 11.6 Å². The molecule has 4 heterocycles. The van der Waals surface area contributed by atoms with Crippen molar-refractivity contribution < 1.29 is 4.79 Å². The molecule has 0 saturated carbocycles. The second kappa shape index (κ2) is 10.6. The summed E-state index contributed by atoms with van der Waals surface area (Å²) in [7, 11) is 0. The average molecular weight is 491 g/mol. The van der Waals surface area contributed by atoms with Crippen LogP contribution in [0.5, 0.6) is 0 Å². The van der Waals surface area contributed by atoms with Crippen molar-refractivity contribution in [2.45, 2.75) is 19.5 Å². The fourth-order valence-electron chi connectivity index (χ4n) is 4.56. The summed E-state index contributed by atoms with van der Waals surface area (Å²) < 4.78 is 1.71. The summed E-state index contributed by atoms with van der Waals surface area (Å²) in [5.74, 6) is 3.22. The average Bonchev–Trinajstić information content (AvgIpc) is 2.86. The number of anilines is 2. The largest absolute Gasteiger partial charge is 0.338 e. The van der Waals surface area contributed by atoms with Gasteiger partial charge in [-0.05, 0) is 42.2 Å². The Labute approximate surface area is 209 Å². The lowest BCUT2D eigenvalue weighted by atomic mass is 9.96. The second-order valence-corrected chi connectivity index (χ2v) is 10.3. The molecule has 2 fully saturated rings. The van der Waals surface area contributed by atoms with Crippen molar-refractivity contribution >= 4 is 40.3 Å². The smallest absolute Gasteiger partial charge is 0.252 e. The minimum absolute atomic E-state index is 0.0364. The van der Waals surface area contributed by atoms with Crippen molar-refractivity contribution in [1.29, 1.82) is 0 Å². The zero-order valence-corrected chi connectivity index (χ0v) is 20.5. The van der Waals surface area contributed by atoms with Crippen LogP contribution in [0.25, 0.3) is 11.0 Å². The van der Waals surface area contributed by atoms with Crippen LogP contribution in [0.1, 0.15) is 12.0 Å². The van der Waals surface area contributed by atoms with Crippen LogP contribution >= 0.6 is 11.8 Å². The second-order valence-electron chi connectivity index (χ2n) is 9.11. The monoisotopic (exact) mass is 490 g/mol. The van der Waals surface area contributed by atoms with Crippen LogP contribution in [0.3, 0.4) is 0 Å². The molecule has 9 heteroatoms. The maximum Gasteiger partial charge on any atom is 0.252 e. The molecule has 3 aromatic rings. The highest BCUT2D eigenvalue weighted by molar-refractivity contribution is 7.99. The summed E-state index contributed by atoms with van der Waals surface area (Å²) in [4.78, 5) is 37.7. The first kappa shape index (κ1) is 23.6. The molecule has 0 aliphatic carbocycles.